The van der Waals surface area contributed by atoms with Gasteiger partial charge in [-0.25, -0.2) is 0 Å². The summed E-state index contributed by atoms with van der Waals surface area (Å²) in [5.74, 6) is 0. The van der Waals surface area contributed by atoms with E-state index in [9.17, 15) is 4.79 Å². The van der Waals surface area contributed by atoms with Gasteiger partial charge in [-0.05, 0) is 0 Å². The van der Waals surface area contributed by atoms with Crippen LogP contribution in [-0.4, -0.2) is 30.7 Å². The van der Waals surface area contributed by atoms with Crippen molar-refractivity contribution in [2.75, 3.05) is 13.1 Å². The van der Waals surface area contributed by atoms with Gasteiger partial charge < -0.3 is 15.6 Å². The minimum absolute atomic E-state index is 0.133. The van der Waals surface area contributed by atoms with Crippen LogP contribution in [0, 0.1) is 0 Å². The van der Waals surface area contributed by atoms with Gasteiger partial charge in [0, 0.05) is 6.54 Å². The Kier molecular flexibility index (Phi) is 4.44. The van der Waals surface area contributed by atoms with Crippen LogP contribution in [0.4, 0.5) is 0 Å². The van der Waals surface area contributed by atoms with E-state index in [1.54, 1.807) is 0 Å². The van der Waals surface area contributed by atoms with Gasteiger partial charge in [-0.1, -0.05) is 0 Å². The quantitative estimate of drug-likeness (QED) is 0.296. The van der Waals surface area contributed by atoms with E-state index in [-0.39, 0.29) is 13.1 Å². The van der Waals surface area contributed by atoms with Gasteiger partial charge in [0.1, 0.15) is 12.5 Å². The van der Waals surface area contributed by atoms with Crippen LogP contribution < -0.4 is 11.1 Å². The zero-order chi connectivity index (χ0) is 6.41. The Morgan fingerprint density at radius 1 is 1.88 bits per heavy atom. The van der Waals surface area contributed by atoms with Crippen molar-refractivity contribution in [1.82, 2.24) is 5.32 Å². The molecule has 1 unspecified atom stereocenters. The Bertz CT molecular complexity index is 67.1. The molecule has 0 aromatic carbocycles. The molecule has 0 bridgehead atoms. The highest BCUT2D eigenvalue weighted by Gasteiger charge is 1.94. The molecule has 8 heavy (non-hydrogen) atoms. The van der Waals surface area contributed by atoms with E-state index in [1.165, 1.54) is 0 Å². The van der Waals surface area contributed by atoms with E-state index >= 15 is 0 Å². The van der Waals surface area contributed by atoms with Gasteiger partial charge in [-0.3, -0.25) is 5.32 Å². The number of nitrogens with one attached hydrogen (secondary N) is 1. The van der Waals surface area contributed by atoms with Gasteiger partial charge in [0.25, 0.3) is 0 Å². The lowest BCUT2D eigenvalue weighted by atomic mass is 10.5. The van der Waals surface area contributed by atoms with E-state index < -0.39 is 6.23 Å². The number of carbonyl (C=O) groups excluding carboxylic acids is 1. The van der Waals surface area contributed by atoms with Crippen LogP contribution in [0.1, 0.15) is 0 Å². The Balaban J connectivity index is 2.97. The maximum Gasteiger partial charge on any atom is 0.133 e. The van der Waals surface area contributed by atoms with Gasteiger partial charge in [-0.2, -0.15) is 0 Å². The van der Waals surface area contributed by atoms with Crippen molar-refractivity contribution in [2.24, 2.45) is 5.73 Å². The Morgan fingerprint density at radius 3 is 2.88 bits per heavy atom. The highest BCUT2D eigenvalue weighted by Crippen LogP contribution is 1.65. The summed E-state index contributed by atoms with van der Waals surface area (Å²) in [6, 6.07) is 0. The van der Waals surface area contributed by atoms with Gasteiger partial charge >= 0.3 is 0 Å². The average Bonchev–Trinajstić information content (AvgIpc) is 1.83. The summed E-state index contributed by atoms with van der Waals surface area (Å²) in [5.41, 5.74) is 4.98. The molecule has 4 nitrogen and oxygen atoms in total. The second-order valence-electron chi connectivity index (χ2n) is 1.33. The number of aliphatic hydroxyl groups excluding tert-OH is 1. The van der Waals surface area contributed by atoms with Crippen LogP contribution in [0.2, 0.25) is 0 Å². The zero-order valence-corrected chi connectivity index (χ0v) is 4.50. The third-order valence-corrected chi connectivity index (χ3v) is 0.660. The van der Waals surface area contributed by atoms with Crippen LogP contribution in [0.5, 0.6) is 0 Å². The smallest absolute Gasteiger partial charge is 0.133 e. The van der Waals surface area contributed by atoms with Crippen molar-refractivity contribution < 1.29 is 9.90 Å². The highest BCUT2D eigenvalue weighted by atomic mass is 16.3. The molecule has 0 spiro atoms. The molecule has 4 heteroatoms. The summed E-state index contributed by atoms with van der Waals surface area (Å²) in [5, 5.41) is 11.0. The molecule has 0 aliphatic carbocycles. The first kappa shape index (κ1) is 7.55. The molecule has 0 aromatic heterocycles. The Labute approximate surface area is 47.7 Å². The first-order valence-corrected chi connectivity index (χ1v) is 2.36. The fourth-order valence-electron chi connectivity index (χ4n) is 0.267. The van der Waals surface area contributed by atoms with Gasteiger partial charge in [0.05, 0.1) is 6.54 Å². The molecule has 0 heterocycles. The summed E-state index contributed by atoms with van der Waals surface area (Å²) in [6.07, 6.45) is -0.0843. The van der Waals surface area contributed by atoms with Gasteiger partial charge in [0.15, 0.2) is 0 Å². The molecule has 4 N–H and O–H groups in total. The third-order valence-electron chi connectivity index (χ3n) is 0.660. The molecule has 0 amide bonds. The molecule has 0 rings (SSSR count). The number of rotatable bonds is 4. The highest BCUT2D eigenvalue weighted by molar-refractivity contribution is 5.51. The normalized spacial score (nSPS) is 13.2. The van der Waals surface area contributed by atoms with E-state index in [4.69, 9.17) is 10.8 Å². The topological polar surface area (TPSA) is 75.3 Å². The zero-order valence-electron chi connectivity index (χ0n) is 4.50. The largest absolute Gasteiger partial charge is 0.377 e. The van der Waals surface area contributed by atoms with Crippen LogP contribution >= 0.6 is 0 Å². The summed E-state index contributed by atoms with van der Waals surface area (Å²) in [7, 11) is 0. The van der Waals surface area contributed by atoms with Crippen molar-refractivity contribution >= 4 is 6.29 Å². The van der Waals surface area contributed by atoms with Crippen molar-refractivity contribution in [3.05, 3.63) is 0 Å². The Morgan fingerprint density at radius 2 is 2.50 bits per heavy atom. The van der Waals surface area contributed by atoms with Crippen LogP contribution in [-0.2, 0) is 4.79 Å². The molecule has 1 atom stereocenters. The second-order valence-corrected chi connectivity index (χ2v) is 1.33. The maximum absolute atomic E-state index is 9.61. The van der Waals surface area contributed by atoms with Gasteiger partial charge in [-0.15, -0.1) is 0 Å². The van der Waals surface area contributed by atoms with Crippen molar-refractivity contribution in [3.63, 3.8) is 0 Å². The lowest BCUT2D eigenvalue weighted by Crippen LogP contribution is -2.36. The first-order valence-electron chi connectivity index (χ1n) is 2.36. The lowest BCUT2D eigenvalue weighted by molar-refractivity contribution is -0.107. The molecule has 0 saturated carbocycles. The SMILES string of the molecule is NCC(O)NCC=O. The first-order chi connectivity index (χ1) is 3.81. The number of nitrogens with two attached hydrogens (primary N) is 1. The standard InChI is InChI=1S/C4H10N2O2/c5-3-4(8)6-1-2-7/h2,4,6,8H,1,3,5H2. The van der Waals surface area contributed by atoms with Crippen molar-refractivity contribution in [1.29, 1.82) is 0 Å². The van der Waals surface area contributed by atoms with Gasteiger partial charge in [0.2, 0.25) is 0 Å². The molecular formula is C4H10N2O2. The number of hydrogen-bond donors (Lipinski definition) is 3. The summed E-state index contributed by atoms with van der Waals surface area (Å²) < 4.78 is 0. The van der Waals surface area contributed by atoms with Crippen LogP contribution in [0.25, 0.3) is 0 Å². The third kappa shape index (κ3) is 3.73. The average molecular weight is 118 g/mol. The summed E-state index contributed by atoms with van der Waals surface area (Å²) in [4.78, 5) is 9.61. The predicted octanol–water partition coefficient (Wildman–Crippen LogP) is -1.95. The lowest BCUT2D eigenvalue weighted by Gasteiger charge is -2.04. The second kappa shape index (κ2) is 4.70. The molecule has 0 radical (unpaired) electrons. The number of aldehydes is 1. The van der Waals surface area contributed by atoms with E-state index in [0.29, 0.717) is 6.29 Å². The fourth-order valence-corrected chi connectivity index (χ4v) is 0.267. The number of carbonyl (C=O) groups is 1. The molecular weight excluding hydrogens is 108 g/mol. The van der Waals surface area contributed by atoms with Crippen molar-refractivity contribution in [2.45, 2.75) is 6.23 Å². The molecule has 0 saturated heterocycles. The van der Waals surface area contributed by atoms with E-state index in [2.05, 4.69) is 5.32 Å². The summed E-state index contributed by atoms with van der Waals surface area (Å²) in [6.45, 7) is 0.284. The minimum Gasteiger partial charge on any atom is -0.377 e. The number of hydrogen-bond acceptors (Lipinski definition) is 4. The fraction of sp³-hybridized carbons (Fsp3) is 0.750. The predicted molar refractivity (Wildman–Crippen MR) is 29.1 cm³/mol. The Hall–Kier alpha value is -0.450. The molecule has 0 fully saturated rings. The van der Waals surface area contributed by atoms with Crippen LogP contribution in [0.15, 0.2) is 0 Å². The van der Waals surface area contributed by atoms with Crippen molar-refractivity contribution in [3.8, 4) is 0 Å². The monoisotopic (exact) mass is 118 g/mol. The maximum atomic E-state index is 9.61. The minimum atomic E-state index is -0.750. The van der Waals surface area contributed by atoms with Crippen LogP contribution in [0.3, 0.4) is 0 Å². The molecule has 0 aliphatic heterocycles. The van der Waals surface area contributed by atoms with E-state index in [1.807, 2.05) is 0 Å². The molecule has 48 valence electrons. The summed E-state index contributed by atoms with van der Waals surface area (Å²) >= 11 is 0. The molecule has 0 aromatic rings. The van der Waals surface area contributed by atoms with E-state index in [0.717, 1.165) is 0 Å². The molecule has 0 aliphatic rings. The number of aliphatic hydroxyl groups is 1.